The summed E-state index contributed by atoms with van der Waals surface area (Å²) in [6, 6.07) is 5.39. The third kappa shape index (κ3) is 7.86. The van der Waals surface area contributed by atoms with Crippen LogP contribution in [-0.4, -0.2) is 53.0 Å². The molecule has 33 heavy (non-hydrogen) atoms. The molecule has 1 N–H and O–H groups in total. The van der Waals surface area contributed by atoms with E-state index < -0.39 is 11.2 Å². The second kappa shape index (κ2) is 13.2. The molecule has 0 radical (unpaired) electrons. The fourth-order valence-corrected chi connectivity index (χ4v) is 6.22. The van der Waals surface area contributed by atoms with Crippen LogP contribution in [0.2, 0.25) is 0 Å². The van der Waals surface area contributed by atoms with E-state index in [1.807, 2.05) is 17.8 Å². The van der Waals surface area contributed by atoms with Gasteiger partial charge in [0.1, 0.15) is 11.5 Å². The van der Waals surface area contributed by atoms with Crippen molar-refractivity contribution in [2.45, 2.75) is 56.5 Å². The van der Waals surface area contributed by atoms with E-state index in [9.17, 15) is 9.35 Å². The predicted molar refractivity (Wildman–Crippen MR) is 133 cm³/mol. The number of ether oxygens (including phenoxy) is 2. The minimum absolute atomic E-state index is 0.0340. The van der Waals surface area contributed by atoms with Crippen molar-refractivity contribution in [3.05, 3.63) is 29.7 Å². The number of benzene rings is 1. The zero-order valence-electron chi connectivity index (χ0n) is 19.7. The van der Waals surface area contributed by atoms with Crippen LogP contribution in [0.15, 0.2) is 22.6 Å². The van der Waals surface area contributed by atoms with Gasteiger partial charge in [0.15, 0.2) is 23.0 Å². The summed E-state index contributed by atoms with van der Waals surface area (Å²) in [7, 11) is 3.14. The van der Waals surface area contributed by atoms with Gasteiger partial charge in [-0.1, -0.05) is 19.3 Å². The first-order valence-electron chi connectivity index (χ1n) is 11.4. The van der Waals surface area contributed by atoms with Crippen LogP contribution in [0, 0.1) is 6.92 Å². The van der Waals surface area contributed by atoms with E-state index in [2.05, 4.69) is 10.3 Å². The number of oxazole rings is 1. The molecule has 1 amide bonds. The number of rotatable bonds is 12. The molecule has 0 aliphatic heterocycles. The number of aryl methyl sites for hydroxylation is 1. The van der Waals surface area contributed by atoms with E-state index >= 15 is 0 Å². The van der Waals surface area contributed by atoms with Crippen molar-refractivity contribution in [1.82, 2.24) is 10.3 Å². The number of methoxy groups -OCH3 is 2. The number of carbonyl (C=O) groups excluding carboxylic acids is 1. The molecule has 2 aromatic rings. The number of nitrogens with one attached hydrogen (secondary N) is 1. The summed E-state index contributed by atoms with van der Waals surface area (Å²) >= 11 is 0.665. The Bertz CT molecular complexity index is 899. The molecule has 1 unspecified atom stereocenters. The van der Waals surface area contributed by atoms with Gasteiger partial charge >= 0.3 is 0 Å². The van der Waals surface area contributed by atoms with Crippen LogP contribution in [0.25, 0.3) is 11.5 Å². The van der Waals surface area contributed by atoms with Crippen LogP contribution < -0.4 is 14.8 Å². The Balaban J connectivity index is 1.43. The van der Waals surface area contributed by atoms with Crippen molar-refractivity contribution < 1.29 is 23.2 Å². The van der Waals surface area contributed by atoms with Crippen LogP contribution in [0.1, 0.15) is 50.0 Å². The molecule has 0 saturated heterocycles. The summed E-state index contributed by atoms with van der Waals surface area (Å²) in [5.74, 6) is 3.21. The highest BCUT2D eigenvalue weighted by atomic mass is 32.2. The molecule has 1 aromatic carbocycles. The molecule has 0 spiro atoms. The van der Waals surface area contributed by atoms with Crippen molar-refractivity contribution in [3.8, 4) is 23.0 Å². The minimum atomic E-state index is -1.36. The van der Waals surface area contributed by atoms with Crippen molar-refractivity contribution >= 4 is 28.8 Å². The monoisotopic (exact) mass is 494 g/mol. The highest BCUT2D eigenvalue weighted by Gasteiger charge is 2.20. The lowest BCUT2D eigenvalue weighted by atomic mass is 10.0. The number of aromatic nitrogens is 1. The quantitative estimate of drug-likeness (QED) is 0.343. The summed E-state index contributed by atoms with van der Waals surface area (Å²) < 4.78 is 28.9. The van der Waals surface area contributed by atoms with Crippen LogP contribution in [0.5, 0.6) is 11.5 Å². The number of thioether (sulfide) groups is 1. The van der Waals surface area contributed by atoms with Gasteiger partial charge < -0.3 is 23.8 Å². The summed E-state index contributed by atoms with van der Waals surface area (Å²) in [6.07, 6.45) is 7.66. The number of amides is 1. The zero-order valence-corrected chi connectivity index (χ0v) is 21.3. The Morgan fingerprint density at radius 3 is 2.73 bits per heavy atom. The molecule has 0 bridgehead atoms. The summed E-state index contributed by atoms with van der Waals surface area (Å²) in [5, 5.41) is 3.68. The Morgan fingerprint density at radius 2 is 2.00 bits per heavy atom. The maximum atomic E-state index is 12.5. The van der Waals surface area contributed by atoms with Gasteiger partial charge in [0.25, 0.3) is 5.91 Å². The molecule has 1 aliphatic rings. The Morgan fingerprint density at radius 1 is 1.24 bits per heavy atom. The molecule has 1 fully saturated rings. The van der Waals surface area contributed by atoms with Crippen LogP contribution in [0.4, 0.5) is 0 Å². The lowest BCUT2D eigenvalue weighted by Crippen LogP contribution is -2.32. The number of nitrogens with zero attached hydrogens (tertiary/aromatic N) is 1. The van der Waals surface area contributed by atoms with E-state index in [1.54, 1.807) is 33.3 Å². The topological polar surface area (TPSA) is 96.7 Å². The number of hydrogen-bond donors (Lipinski definition) is 1. The van der Waals surface area contributed by atoms with Gasteiger partial charge in [-0.2, -0.15) is 11.8 Å². The highest BCUT2D eigenvalue weighted by molar-refractivity contribution is 7.99. The van der Waals surface area contributed by atoms with Gasteiger partial charge in [-0.05, 0) is 61.3 Å². The van der Waals surface area contributed by atoms with Crippen molar-refractivity contribution in [3.63, 3.8) is 0 Å². The number of hydrogen-bond acceptors (Lipinski definition) is 7. The molecule has 7 nitrogen and oxygen atoms in total. The minimum Gasteiger partial charge on any atom is -0.616 e. The molecule has 1 heterocycles. The van der Waals surface area contributed by atoms with E-state index in [4.69, 9.17) is 13.9 Å². The lowest BCUT2D eigenvalue weighted by molar-refractivity contribution is -0.118. The third-order valence-corrected chi connectivity index (χ3v) is 8.31. The van der Waals surface area contributed by atoms with Gasteiger partial charge in [0.2, 0.25) is 5.89 Å². The van der Waals surface area contributed by atoms with Crippen molar-refractivity contribution in [1.29, 1.82) is 0 Å². The fraction of sp³-hybridized carbons (Fsp3) is 0.583. The second-order valence-electron chi connectivity index (χ2n) is 8.15. The zero-order chi connectivity index (χ0) is 23.6. The number of carbonyl (C=O) groups is 1. The van der Waals surface area contributed by atoms with E-state index in [1.165, 1.54) is 32.1 Å². The summed E-state index contributed by atoms with van der Waals surface area (Å²) in [4.78, 5) is 16.7. The Hall–Kier alpha value is -1.84. The van der Waals surface area contributed by atoms with Crippen LogP contribution >= 0.6 is 11.8 Å². The molecule has 3 rings (SSSR count). The maximum Gasteiger partial charge on any atom is 0.269 e. The Kier molecular flexibility index (Phi) is 10.3. The smallest absolute Gasteiger partial charge is 0.269 e. The predicted octanol–water partition coefficient (Wildman–Crippen LogP) is 4.49. The maximum absolute atomic E-state index is 12.5. The first kappa shape index (κ1) is 25.8. The first-order valence-corrected chi connectivity index (χ1v) is 14.0. The second-order valence-corrected chi connectivity index (χ2v) is 11.0. The average Bonchev–Trinajstić information content (AvgIpc) is 3.18. The first-order chi connectivity index (χ1) is 16.0. The molecule has 1 aromatic heterocycles. The molecule has 9 heteroatoms. The summed E-state index contributed by atoms with van der Waals surface area (Å²) in [5.41, 5.74) is 1.33. The molecule has 1 saturated carbocycles. The van der Waals surface area contributed by atoms with Gasteiger partial charge in [-0.15, -0.1) is 0 Å². The third-order valence-electron chi connectivity index (χ3n) is 5.66. The van der Waals surface area contributed by atoms with Crippen LogP contribution in [-0.2, 0) is 21.7 Å². The molecule has 1 aliphatic carbocycles. The summed E-state index contributed by atoms with van der Waals surface area (Å²) in [6.45, 7) is 2.41. The molecular formula is C24H34N2O5S2. The normalized spacial score (nSPS) is 15.3. The van der Waals surface area contributed by atoms with E-state index in [0.29, 0.717) is 35.4 Å². The van der Waals surface area contributed by atoms with Gasteiger partial charge in [0, 0.05) is 17.4 Å². The van der Waals surface area contributed by atoms with Crippen LogP contribution in [0.3, 0.4) is 0 Å². The molecular weight excluding hydrogens is 460 g/mol. The SMILES string of the molecule is COc1ccc(-c2nc(C[S+]([O-])CC(=O)NCCCSC3CCCCC3)c(C)o2)cc1OC. The molecule has 182 valence electrons. The molecule has 1 atom stereocenters. The lowest BCUT2D eigenvalue weighted by Gasteiger charge is -2.20. The highest BCUT2D eigenvalue weighted by Crippen LogP contribution is 2.33. The average molecular weight is 495 g/mol. The van der Waals surface area contributed by atoms with E-state index in [-0.39, 0.29) is 17.4 Å². The van der Waals surface area contributed by atoms with Gasteiger partial charge in [-0.3, -0.25) is 4.79 Å². The standard InChI is InChI=1S/C24H34N2O5S2/c1-17-20(26-24(31-17)18-10-11-21(29-2)22(14-18)30-3)15-33(28)16-23(27)25-12-7-13-32-19-8-5-4-6-9-19/h10-11,14,19H,4-9,12-13,15-16H2,1-3H3,(H,25,27). The van der Waals surface area contributed by atoms with E-state index in [0.717, 1.165) is 23.0 Å². The van der Waals surface area contributed by atoms with Gasteiger partial charge in [-0.25, -0.2) is 4.98 Å². The van der Waals surface area contributed by atoms with Crippen molar-refractivity contribution in [2.75, 3.05) is 32.3 Å². The Labute approximate surface area is 203 Å². The van der Waals surface area contributed by atoms with Gasteiger partial charge in [0.05, 0.1) is 14.2 Å². The fourth-order valence-electron chi connectivity index (χ4n) is 3.84. The van der Waals surface area contributed by atoms with Crippen molar-refractivity contribution in [2.24, 2.45) is 0 Å². The largest absolute Gasteiger partial charge is 0.616 e.